The lowest BCUT2D eigenvalue weighted by molar-refractivity contribution is -0.115. The summed E-state index contributed by atoms with van der Waals surface area (Å²) in [4.78, 5) is 11.9. The maximum Gasteiger partial charge on any atom is 0.228 e. The average molecular weight is 282 g/mol. The molecule has 0 aliphatic rings. The van der Waals surface area contributed by atoms with Gasteiger partial charge >= 0.3 is 0 Å². The molecule has 0 aliphatic heterocycles. The average Bonchev–Trinajstić information content (AvgIpc) is 2.48. The van der Waals surface area contributed by atoms with Gasteiger partial charge in [0.05, 0.1) is 13.0 Å². The second kappa shape index (κ2) is 7.22. The van der Waals surface area contributed by atoms with Crippen molar-refractivity contribution >= 4 is 11.6 Å². The minimum atomic E-state index is -0.315. The highest BCUT2D eigenvalue weighted by Gasteiger charge is 2.04. The molecule has 0 atom stereocenters. The van der Waals surface area contributed by atoms with Crippen molar-refractivity contribution in [3.63, 3.8) is 0 Å². The van der Waals surface area contributed by atoms with E-state index >= 15 is 0 Å². The second-order valence-corrected chi connectivity index (χ2v) is 4.44. The number of carbonyl (C=O) groups is 1. The van der Waals surface area contributed by atoms with E-state index in [-0.39, 0.29) is 18.1 Å². The van der Waals surface area contributed by atoms with E-state index in [0.717, 1.165) is 11.1 Å². The van der Waals surface area contributed by atoms with Gasteiger partial charge in [-0.3, -0.25) is 4.79 Å². The number of amides is 1. The van der Waals surface area contributed by atoms with Gasteiger partial charge in [0, 0.05) is 11.3 Å². The Balaban J connectivity index is 2.00. The minimum absolute atomic E-state index is 0.162. The highest BCUT2D eigenvalue weighted by Crippen LogP contribution is 2.11. The van der Waals surface area contributed by atoms with Crippen molar-refractivity contribution in [2.45, 2.75) is 6.42 Å². The Morgan fingerprint density at radius 3 is 2.67 bits per heavy atom. The predicted molar refractivity (Wildman–Crippen MR) is 81.1 cm³/mol. The lowest BCUT2D eigenvalue weighted by Crippen LogP contribution is -2.14. The summed E-state index contributed by atoms with van der Waals surface area (Å²) in [6, 6.07) is 13.1. The third-order valence-corrected chi connectivity index (χ3v) is 2.76. The largest absolute Gasteiger partial charge is 0.326 e. The summed E-state index contributed by atoms with van der Waals surface area (Å²) in [6.45, 7) is 0.293. The van der Waals surface area contributed by atoms with Gasteiger partial charge in [-0.1, -0.05) is 30.0 Å². The van der Waals surface area contributed by atoms with Gasteiger partial charge in [-0.05, 0) is 35.9 Å². The van der Waals surface area contributed by atoms with Gasteiger partial charge < -0.3 is 11.1 Å². The number of nitrogens with two attached hydrogens (primary N) is 1. The fraction of sp³-hybridized carbons (Fsp3) is 0.118. The molecule has 0 aliphatic carbocycles. The number of hydrogen-bond acceptors (Lipinski definition) is 2. The number of nitrogens with one attached hydrogen (secondary N) is 1. The molecule has 0 bridgehead atoms. The van der Waals surface area contributed by atoms with E-state index in [1.54, 1.807) is 24.3 Å². The normalized spacial score (nSPS) is 9.62. The van der Waals surface area contributed by atoms with Crippen LogP contribution in [0.15, 0.2) is 48.5 Å². The molecule has 0 aromatic heterocycles. The van der Waals surface area contributed by atoms with Gasteiger partial charge in [0.25, 0.3) is 0 Å². The van der Waals surface area contributed by atoms with Gasteiger partial charge in [-0.15, -0.1) is 0 Å². The molecule has 4 heteroatoms. The molecule has 21 heavy (non-hydrogen) atoms. The van der Waals surface area contributed by atoms with Gasteiger partial charge in [0.2, 0.25) is 5.91 Å². The lowest BCUT2D eigenvalue weighted by Gasteiger charge is -2.06. The van der Waals surface area contributed by atoms with E-state index in [2.05, 4.69) is 17.2 Å². The van der Waals surface area contributed by atoms with E-state index in [9.17, 15) is 9.18 Å². The molecule has 3 N–H and O–H groups in total. The van der Waals surface area contributed by atoms with Gasteiger partial charge in [0.15, 0.2) is 0 Å². The quantitative estimate of drug-likeness (QED) is 0.849. The monoisotopic (exact) mass is 282 g/mol. The first kappa shape index (κ1) is 14.8. The SMILES string of the molecule is NCC#Cc1cccc(NC(=O)Cc2ccc(F)cc2)c1. The summed E-state index contributed by atoms with van der Waals surface area (Å²) in [6.07, 6.45) is 0.193. The predicted octanol–water partition coefficient (Wildman–Crippen LogP) is 2.32. The first-order valence-electron chi connectivity index (χ1n) is 6.50. The molecule has 0 saturated heterocycles. The number of benzene rings is 2. The van der Waals surface area contributed by atoms with Crippen LogP contribution in [0.3, 0.4) is 0 Å². The standard InChI is InChI=1S/C17H15FN2O/c18-15-8-6-14(7-9-15)12-17(21)20-16-5-1-3-13(11-16)4-2-10-19/h1,3,5-9,11H,10,12,19H2,(H,20,21). The first-order valence-corrected chi connectivity index (χ1v) is 6.50. The Morgan fingerprint density at radius 1 is 1.19 bits per heavy atom. The van der Waals surface area contributed by atoms with Crippen LogP contribution < -0.4 is 11.1 Å². The third kappa shape index (κ3) is 4.75. The maximum absolute atomic E-state index is 12.8. The number of rotatable bonds is 3. The van der Waals surface area contributed by atoms with Crippen molar-refractivity contribution in [2.75, 3.05) is 11.9 Å². The lowest BCUT2D eigenvalue weighted by atomic mass is 10.1. The number of carbonyl (C=O) groups excluding carboxylic acids is 1. The van der Waals surface area contributed by atoms with Crippen LogP contribution in [-0.2, 0) is 11.2 Å². The molecule has 1 amide bonds. The molecule has 2 aromatic rings. The van der Waals surface area contributed by atoms with E-state index < -0.39 is 0 Å². The van der Waals surface area contributed by atoms with Crippen LogP contribution in [0.4, 0.5) is 10.1 Å². The zero-order valence-corrected chi connectivity index (χ0v) is 11.4. The summed E-state index contributed by atoms with van der Waals surface area (Å²) in [5.41, 5.74) is 7.54. The molecule has 0 fully saturated rings. The molecule has 2 rings (SSSR count). The van der Waals surface area contributed by atoms with Gasteiger partial charge in [-0.25, -0.2) is 4.39 Å². The molecule has 2 aromatic carbocycles. The Labute approximate surface area is 123 Å². The topological polar surface area (TPSA) is 55.1 Å². The van der Waals surface area contributed by atoms with Crippen LogP contribution in [0, 0.1) is 17.7 Å². The van der Waals surface area contributed by atoms with Crippen molar-refractivity contribution in [3.8, 4) is 11.8 Å². The summed E-state index contributed by atoms with van der Waals surface area (Å²) in [7, 11) is 0. The van der Waals surface area contributed by atoms with Gasteiger partial charge in [0.1, 0.15) is 5.82 Å². The van der Waals surface area contributed by atoms with E-state index in [0.29, 0.717) is 12.2 Å². The van der Waals surface area contributed by atoms with Crippen LogP contribution in [0.2, 0.25) is 0 Å². The van der Waals surface area contributed by atoms with E-state index in [1.165, 1.54) is 12.1 Å². The minimum Gasteiger partial charge on any atom is -0.326 e. The van der Waals surface area contributed by atoms with E-state index in [1.807, 2.05) is 12.1 Å². The first-order chi connectivity index (χ1) is 10.2. The number of anilines is 1. The zero-order valence-electron chi connectivity index (χ0n) is 11.4. The van der Waals surface area contributed by atoms with Gasteiger partial charge in [-0.2, -0.15) is 0 Å². The molecule has 0 unspecified atom stereocenters. The van der Waals surface area contributed by atoms with Crippen molar-refractivity contribution < 1.29 is 9.18 Å². The Hall–Kier alpha value is -2.64. The van der Waals surface area contributed by atoms with Crippen LogP contribution >= 0.6 is 0 Å². The van der Waals surface area contributed by atoms with Crippen LogP contribution in [-0.4, -0.2) is 12.5 Å². The smallest absolute Gasteiger partial charge is 0.228 e. The Morgan fingerprint density at radius 2 is 1.95 bits per heavy atom. The van der Waals surface area contributed by atoms with Crippen molar-refractivity contribution in [2.24, 2.45) is 5.73 Å². The summed E-state index contributed by atoms with van der Waals surface area (Å²) < 4.78 is 12.8. The second-order valence-electron chi connectivity index (χ2n) is 4.44. The highest BCUT2D eigenvalue weighted by molar-refractivity contribution is 5.92. The maximum atomic E-state index is 12.8. The molecule has 0 saturated carbocycles. The number of halogens is 1. The summed E-state index contributed by atoms with van der Waals surface area (Å²) in [5.74, 6) is 5.19. The molecular weight excluding hydrogens is 267 g/mol. The molecule has 3 nitrogen and oxygen atoms in total. The van der Waals surface area contributed by atoms with Crippen LogP contribution in [0.5, 0.6) is 0 Å². The molecule has 0 heterocycles. The fourth-order valence-electron chi connectivity index (χ4n) is 1.82. The van der Waals surface area contributed by atoms with E-state index in [4.69, 9.17) is 5.73 Å². The highest BCUT2D eigenvalue weighted by atomic mass is 19.1. The molecule has 106 valence electrons. The fourth-order valence-corrected chi connectivity index (χ4v) is 1.82. The molecule has 0 radical (unpaired) electrons. The Kier molecular flexibility index (Phi) is 5.08. The van der Waals surface area contributed by atoms with Crippen molar-refractivity contribution in [1.82, 2.24) is 0 Å². The van der Waals surface area contributed by atoms with Crippen LogP contribution in [0.1, 0.15) is 11.1 Å². The summed E-state index contributed by atoms with van der Waals surface area (Å²) in [5, 5.41) is 2.79. The van der Waals surface area contributed by atoms with Crippen LogP contribution in [0.25, 0.3) is 0 Å². The summed E-state index contributed by atoms with van der Waals surface area (Å²) >= 11 is 0. The van der Waals surface area contributed by atoms with Crippen molar-refractivity contribution in [3.05, 3.63) is 65.5 Å². The molecule has 0 spiro atoms. The molecular formula is C17H15FN2O. The number of hydrogen-bond donors (Lipinski definition) is 2. The third-order valence-electron chi connectivity index (χ3n) is 2.76. The zero-order chi connectivity index (χ0) is 15.1. The van der Waals surface area contributed by atoms with Crippen molar-refractivity contribution in [1.29, 1.82) is 0 Å². The Bertz CT molecular complexity index is 684.